The van der Waals surface area contributed by atoms with Gasteiger partial charge in [0.05, 0.1) is 12.8 Å². The smallest absolute Gasteiger partial charge is 0.246 e. The molecule has 0 spiro atoms. The lowest BCUT2D eigenvalue weighted by atomic mass is 10.1. The van der Waals surface area contributed by atoms with Crippen LogP contribution >= 0.6 is 0 Å². The average Bonchev–Trinajstić information content (AvgIpc) is 3.09. The van der Waals surface area contributed by atoms with Gasteiger partial charge in [-0.1, -0.05) is 13.0 Å². The molecule has 3 aromatic rings. The van der Waals surface area contributed by atoms with E-state index in [2.05, 4.69) is 21.9 Å². The molecule has 1 saturated heterocycles. The molecule has 166 valence electrons. The highest BCUT2D eigenvalue weighted by atomic mass is 32.2. The monoisotopic (exact) mass is 443 g/mol. The minimum absolute atomic E-state index is 0.181. The van der Waals surface area contributed by atoms with Crippen molar-refractivity contribution in [1.29, 1.82) is 0 Å². The summed E-state index contributed by atoms with van der Waals surface area (Å²) in [5.74, 6) is 0.344. The predicted molar refractivity (Wildman–Crippen MR) is 120 cm³/mol. The van der Waals surface area contributed by atoms with Crippen LogP contribution in [0.15, 0.2) is 29.2 Å². The Labute approximate surface area is 183 Å². The summed E-state index contributed by atoms with van der Waals surface area (Å²) in [5, 5.41) is 4.63. The number of piperazine rings is 1. The molecule has 0 aliphatic carbocycles. The summed E-state index contributed by atoms with van der Waals surface area (Å²) < 4.78 is 35.9. The fourth-order valence-electron chi connectivity index (χ4n) is 4.22. The van der Waals surface area contributed by atoms with Crippen molar-refractivity contribution in [1.82, 2.24) is 23.8 Å². The zero-order valence-electron chi connectivity index (χ0n) is 18.7. The van der Waals surface area contributed by atoms with Crippen LogP contribution in [0.3, 0.4) is 0 Å². The number of hydrogen-bond acceptors (Lipinski definition) is 6. The van der Waals surface area contributed by atoms with Crippen LogP contribution in [0.25, 0.3) is 16.8 Å². The van der Waals surface area contributed by atoms with Crippen molar-refractivity contribution in [3.63, 3.8) is 0 Å². The molecule has 1 aromatic carbocycles. The van der Waals surface area contributed by atoms with Gasteiger partial charge in [-0.05, 0) is 51.1 Å². The molecule has 8 nitrogen and oxygen atoms in total. The molecule has 2 aromatic heterocycles. The standard InChI is InChI=1S/C22H29N5O3S/c1-6-25-9-11-26(12-10-25)31(28,29)20-14-18(7-8-19(20)30-5)21-17(4)24-27-16(3)13-15(2)23-22(21)27/h7-8,13-14H,6,9-12H2,1-5H3. The molecular formula is C22H29N5O3S. The predicted octanol–water partition coefficient (Wildman–Crippen LogP) is 2.66. The van der Waals surface area contributed by atoms with E-state index < -0.39 is 10.0 Å². The third-order valence-corrected chi connectivity index (χ3v) is 7.84. The summed E-state index contributed by atoms with van der Waals surface area (Å²) in [4.78, 5) is 7.11. The first-order chi connectivity index (χ1) is 14.8. The van der Waals surface area contributed by atoms with Gasteiger partial charge in [0.2, 0.25) is 10.0 Å². The van der Waals surface area contributed by atoms with E-state index in [4.69, 9.17) is 4.74 Å². The molecule has 0 saturated carbocycles. The minimum atomic E-state index is -3.70. The Bertz CT molecular complexity index is 1230. The molecule has 4 rings (SSSR count). The Morgan fingerprint density at radius 2 is 1.77 bits per heavy atom. The van der Waals surface area contributed by atoms with Gasteiger partial charge in [0.25, 0.3) is 0 Å². The highest BCUT2D eigenvalue weighted by Crippen LogP contribution is 2.35. The molecule has 1 fully saturated rings. The van der Waals surface area contributed by atoms with Gasteiger partial charge in [-0.3, -0.25) is 0 Å². The van der Waals surface area contributed by atoms with Crippen molar-refractivity contribution < 1.29 is 13.2 Å². The zero-order valence-corrected chi connectivity index (χ0v) is 19.5. The second-order valence-corrected chi connectivity index (χ2v) is 9.85. The van der Waals surface area contributed by atoms with Crippen molar-refractivity contribution in [2.75, 3.05) is 39.8 Å². The van der Waals surface area contributed by atoms with E-state index in [0.717, 1.165) is 53.5 Å². The van der Waals surface area contributed by atoms with Gasteiger partial charge in [0.1, 0.15) is 10.6 Å². The Hall–Kier alpha value is -2.49. The van der Waals surface area contributed by atoms with Crippen molar-refractivity contribution >= 4 is 15.7 Å². The molecule has 3 heterocycles. The van der Waals surface area contributed by atoms with Crippen LogP contribution in [0, 0.1) is 20.8 Å². The maximum absolute atomic E-state index is 13.5. The molecule has 0 bridgehead atoms. The molecule has 0 radical (unpaired) electrons. The van der Waals surface area contributed by atoms with E-state index in [1.54, 1.807) is 21.0 Å². The number of hydrogen-bond donors (Lipinski definition) is 0. The molecule has 0 atom stereocenters. The summed E-state index contributed by atoms with van der Waals surface area (Å²) >= 11 is 0. The first-order valence-corrected chi connectivity index (χ1v) is 11.9. The summed E-state index contributed by atoms with van der Waals surface area (Å²) in [6.45, 7) is 11.3. The van der Waals surface area contributed by atoms with Crippen LogP contribution in [0.5, 0.6) is 5.75 Å². The number of rotatable bonds is 5. The van der Waals surface area contributed by atoms with E-state index in [9.17, 15) is 8.42 Å². The number of aryl methyl sites for hydroxylation is 3. The normalized spacial score (nSPS) is 16.2. The van der Waals surface area contributed by atoms with Crippen molar-refractivity contribution in [2.24, 2.45) is 0 Å². The van der Waals surface area contributed by atoms with Gasteiger partial charge in [-0.25, -0.2) is 17.9 Å². The van der Waals surface area contributed by atoms with Gasteiger partial charge in [0.15, 0.2) is 5.65 Å². The minimum Gasteiger partial charge on any atom is -0.495 e. The second kappa shape index (κ2) is 8.22. The number of sulfonamides is 1. The lowest BCUT2D eigenvalue weighted by Gasteiger charge is -2.33. The highest BCUT2D eigenvalue weighted by Gasteiger charge is 2.31. The van der Waals surface area contributed by atoms with E-state index in [1.165, 1.54) is 7.11 Å². The first kappa shape index (κ1) is 21.7. The fourth-order valence-corrected chi connectivity index (χ4v) is 5.83. The number of methoxy groups -OCH3 is 1. The van der Waals surface area contributed by atoms with E-state index >= 15 is 0 Å². The highest BCUT2D eigenvalue weighted by molar-refractivity contribution is 7.89. The molecule has 0 unspecified atom stereocenters. The maximum Gasteiger partial charge on any atom is 0.246 e. The molecule has 0 N–H and O–H groups in total. The van der Waals surface area contributed by atoms with E-state index in [-0.39, 0.29) is 4.90 Å². The molecule has 1 aliphatic rings. The number of benzene rings is 1. The first-order valence-electron chi connectivity index (χ1n) is 10.5. The molecule has 31 heavy (non-hydrogen) atoms. The van der Waals surface area contributed by atoms with Gasteiger partial charge < -0.3 is 9.64 Å². The lowest BCUT2D eigenvalue weighted by Crippen LogP contribution is -2.48. The van der Waals surface area contributed by atoms with Gasteiger partial charge in [-0.2, -0.15) is 9.40 Å². The van der Waals surface area contributed by atoms with E-state index in [0.29, 0.717) is 18.8 Å². The Balaban J connectivity index is 1.83. The topological polar surface area (TPSA) is 80.0 Å². The number of aromatic nitrogens is 3. The van der Waals surface area contributed by atoms with Crippen LogP contribution in [0.4, 0.5) is 0 Å². The van der Waals surface area contributed by atoms with Crippen molar-refractivity contribution in [2.45, 2.75) is 32.6 Å². The van der Waals surface area contributed by atoms with Gasteiger partial charge in [0, 0.05) is 43.1 Å². The number of nitrogens with zero attached hydrogens (tertiary/aromatic N) is 5. The number of likely N-dealkylation sites (N-methyl/N-ethyl adjacent to an activating group) is 1. The average molecular weight is 444 g/mol. The third kappa shape index (κ3) is 3.81. The van der Waals surface area contributed by atoms with Gasteiger partial charge >= 0.3 is 0 Å². The lowest BCUT2D eigenvalue weighted by molar-refractivity contribution is 0.196. The third-order valence-electron chi connectivity index (χ3n) is 5.92. The summed E-state index contributed by atoms with van der Waals surface area (Å²) in [6.07, 6.45) is 0. The van der Waals surface area contributed by atoms with Crippen molar-refractivity contribution in [3.8, 4) is 16.9 Å². The number of ether oxygens (including phenoxy) is 1. The summed E-state index contributed by atoms with van der Waals surface area (Å²) in [5.41, 5.74) is 4.98. The molecule has 1 aliphatic heterocycles. The Morgan fingerprint density at radius 1 is 1.06 bits per heavy atom. The molecular weight excluding hydrogens is 414 g/mol. The van der Waals surface area contributed by atoms with Crippen LogP contribution in [-0.2, 0) is 10.0 Å². The van der Waals surface area contributed by atoms with Crippen LogP contribution in [0.2, 0.25) is 0 Å². The summed E-state index contributed by atoms with van der Waals surface area (Å²) in [7, 11) is -2.20. The number of fused-ring (bicyclic) bond motifs is 1. The van der Waals surface area contributed by atoms with Gasteiger partial charge in [-0.15, -0.1) is 0 Å². The summed E-state index contributed by atoms with van der Waals surface area (Å²) in [6, 6.07) is 7.26. The second-order valence-electron chi connectivity index (χ2n) is 7.94. The SMILES string of the molecule is CCN1CCN(S(=O)(=O)c2cc(-c3c(C)nn4c(C)cc(C)nc34)ccc2OC)CC1. The largest absolute Gasteiger partial charge is 0.495 e. The quantitative estimate of drug-likeness (QED) is 0.603. The maximum atomic E-state index is 13.5. The molecule has 0 amide bonds. The van der Waals surface area contributed by atoms with Crippen molar-refractivity contribution in [3.05, 3.63) is 41.3 Å². The fraction of sp³-hybridized carbons (Fsp3) is 0.455. The van der Waals surface area contributed by atoms with Crippen LogP contribution in [-0.4, -0.2) is 72.1 Å². The van der Waals surface area contributed by atoms with E-state index in [1.807, 2.05) is 32.9 Å². The Morgan fingerprint density at radius 3 is 2.42 bits per heavy atom. The van der Waals surface area contributed by atoms with Crippen LogP contribution < -0.4 is 4.74 Å². The molecule has 9 heteroatoms. The Kier molecular flexibility index (Phi) is 5.76. The van der Waals surface area contributed by atoms with Crippen LogP contribution in [0.1, 0.15) is 24.0 Å². The zero-order chi connectivity index (χ0) is 22.3.